The van der Waals surface area contributed by atoms with Gasteiger partial charge < -0.3 is 24.4 Å². The number of aromatic hydroxyl groups is 1. The van der Waals surface area contributed by atoms with E-state index in [9.17, 15) is 41.4 Å². The SMILES string of the molecule is CCC(C)(CC(CC(C)c1ccc(OC2CCCCO2)cc1)c1cc(I)cc(I)c1O)C(=O)OCCC(O)(C(F)(F)F)C(F)(F)F. The van der Waals surface area contributed by atoms with Crippen molar-refractivity contribution in [2.75, 3.05) is 13.2 Å². The highest BCUT2D eigenvalue weighted by Crippen LogP contribution is 2.47. The molecule has 0 aromatic heterocycles. The molecule has 1 heterocycles. The summed E-state index contributed by atoms with van der Waals surface area (Å²) in [6.45, 7) is 4.54. The Labute approximate surface area is 291 Å². The molecule has 1 fully saturated rings. The first kappa shape index (κ1) is 38.9. The lowest BCUT2D eigenvalue weighted by Crippen LogP contribution is -2.57. The molecular weight excluding hydrogens is 848 g/mol. The first-order chi connectivity index (χ1) is 21.3. The van der Waals surface area contributed by atoms with Crippen molar-refractivity contribution in [3.05, 3.63) is 54.7 Å². The molecule has 4 unspecified atom stereocenters. The van der Waals surface area contributed by atoms with Crippen molar-refractivity contribution in [1.29, 1.82) is 0 Å². The van der Waals surface area contributed by atoms with Crippen molar-refractivity contribution in [3.8, 4) is 11.5 Å². The Bertz CT molecular complexity index is 1300. The van der Waals surface area contributed by atoms with Gasteiger partial charge in [-0.3, -0.25) is 4.79 Å². The zero-order chi connectivity index (χ0) is 34.5. The molecule has 1 aliphatic rings. The van der Waals surface area contributed by atoms with E-state index in [4.69, 9.17) is 14.2 Å². The smallest absolute Gasteiger partial charge is 0.426 e. The van der Waals surface area contributed by atoms with Gasteiger partial charge in [-0.2, -0.15) is 26.3 Å². The van der Waals surface area contributed by atoms with E-state index in [1.165, 1.54) is 6.92 Å². The van der Waals surface area contributed by atoms with Crippen LogP contribution >= 0.6 is 45.2 Å². The van der Waals surface area contributed by atoms with Crippen LogP contribution in [0.2, 0.25) is 0 Å². The molecule has 0 spiro atoms. The number of ether oxygens (including phenoxy) is 3. The van der Waals surface area contributed by atoms with Crippen LogP contribution in [0.1, 0.15) is 88.7 Å². The molecule has 0 amide bonds. The van der Waals surface area contributed by atoms with Gasteiger partial charge in [0.1, 0.15) is 11.5 Å². The topological polar surface area (TPSA) is 85.2 Å². The molecule has 3 rings (SSSR count). The molecule has 2 aromatic carbocycles. The number of hydrogen-bond acceptors (Lipinski definition) is 6. The molecule has 1 saturated heterocycles. The largest absolute Gasteiger partial charge is 0.507 e. The third-order valence-electron chi connectivity index (χ3n) is 8.60. The van der Waals surface area contributed by atoms with E-state index < -0.39 is 48.3 Å². The number of halogens is 8. The molecule has 2 aromatic rings. The number of hydrogen-bond donors (Lipinski definition) is 2. The minimum absolute atomic E-state index is 0.0293. The van der Waals surface area contributed by atoms with Crippen molar-refractivity contribution in [2.45, 2.75) is 102 Å². The summed E-state index contributed by atoms with van der Waals surface area (Å²) < 4.78 is 96.7. The lowest BCUT2D eigenvalue weighted by molar-refractivity contribution is -0.371. The molecule has 0 bridgehead atoms. The fraction of sp³-hybridized carbons (Fsp3) is 0.594. The van der Waals surface area contributed by atoms with Gasteiger partial charge in [0.2, 0.25) is 0 Å². The Morgan fingerprint density at radius 2 is 1.70 bits per heavy atom. The summed E-state index contributed by atoms with van der Waals surface area (Å²) in [4.78, 5) is 13.3. The highest BCUT2D eigenvalue weighted by atomic mass is 127. The maximum atomic E-state index is 13.3. The van der Waals surface area contributed by atoms with Gasteiger partial charge in [-0.05, 0) is 131 Å². The van der Waals surface area contributed by atoms with E-state index >= 15 is 0 Å². The number of aliphatic hydroxyl groups is 1. The number of rotatable bonds is 13. The molecule has 0 saturated carbocycles. The molecule has 258 valence electrons. The second-order valence-corrected chi connectivity index (χ2v) is 14.4. The number of carbonyl (C=O) groups is 1. The van der Waals surface area contributed by atoms with Crippen LogP contribution in [-0.2, 0) is 14.3 Å². The van der Waals surface area contributed by atoms with Gasteiger partial charge in [0, 0.05) is 16.4 Å². The number of phenols is 1. The Hall–Kier alpha value is -1.53. The maximum Gasteiger partial charge on any atom is 0.426 e. The predicted octanol–water partition coefficient (Wildman–Crippen LogP) is 9.38. The van der Waals surface area contributed by atoms with Crippen LogP contribution in [0.25, 0.3) is 0 Å². The Kier molecular flexibility index (Phi) is 13.4. The monoisotopic (exact) mass is 886 g/mol. The molecule has 0 radical (unpaired) electrons. The Morgan fingerprint density at radius 3 is 2.24 bits per heavy atom. The number of esters is 1. The summed E-state index contributed by atoms with van der Waals surface area (Å²) in [7, 11) is 0. The highest BCUT2D eigenvalue weighted by Gasteiger charge is 2.70. The minimum Gasteiger partial charge on any atom is -0.507 e. The first-order valence-electron chi connectivity index (χ1n) is 14.9. The summed E-state index contributed by atoms with van der Waals surface area (Å²) in [5.74, 6) is -0.851. The quantitative estimate of drug-likeness (QED) is 0.119. The summed E-state index contributed by atoms with van der Waals surface area (Å²) >= 11 is 4.11. The van der Waals surface area contributed by atoms with Crippen molar-refractivity contribution in [2.24, 2.45) is 5.41 Å². The van der Waals surface area contributed by atoms with Gasteiger partial charge in [-0.1, -0.05) is 26.0 Å². The van der Waals surface area contributed by atoms with Crippen molar-refractivity contribution in [3.63, 3.8) is 0 Å². The van der Waals surface area contributed by atoms with Crippen LogP contribution in [-0.4, -0.2) is 53.6 Å². The average molecular weight is 886 g/mol. The van der Waals surface area contributed by atoms with E-state index in [1.807, 2.05) is 53.8 Å². The fourth-order valence-corrected chi connectivity index (χ4v) is 7.33. The first-order valence-corrected chi connectivity index (χ1v) is 17.1. The lowest BCUT2D eigenvalue weighted by atomic mass is 9.73. The molecule has 46 heavy (non-hydrogen) atoms. The van der Waals surface area contributed by atoms with Gasteiger partial charge in [-0.25, -0.2) is 0 Å². The molecule has 1 aliphatic heterocycles. The second-order valence-electron chi connectivity index (χ2n) is 12.0. The minimum atomic E-state index is -6.01. The van der Waals surface area contributed by atoms with E-state index in [1.54, 1.807) is 19.1 Å². The zero-order valence-electron chi connectivity index (χ0n) is 25.6. The van der Waals surface area contributed by atoms with Crippen LogP contribution < -0.4 is 4.74 Å². The van der Waals surface area contributed by atoms with Gasteiger partial charge in [0.15, 0.2) is 6.29 Å². The highest BCUT2D eigenvalue weighted by molar-refractivity contribution is 14.1. The lowest BCUT2D eigenvalue weighted by Gasteiger charge is -2.34. The summed E-state index contributed by atoms with van der Waals surface area (Å²) in [6.07, 6.45) is -10.7. The third-order valence-corrected chi connectivity index (χ3v) is 10.0. The zero-order valence-corrected chi connectivity index (χ0v) is 29.9. The number of phenolic OH excluding ortho intramolecular Hbond substituents is 1. The van der Waals surface area contributed by atoms with E-state index in [2.05, 4.69) is 22.6 Å². The van der Waals surface area contributed by atoms with Crippen LogP contribution in [0.15, 0.2) is 36.4 Å². The molecule has 2 N–H and O–H groups in total. The number of benzene rings is 2. The molecule has 0 aliphatic carbocycles. The van der Waals surface area contributed by atoms with Gasteiger partial charge in [0.25, 0.3) is 5.60 Å². The van der Waals surface area contributed by atoms with Gasteiger partial charge in [0.05, 0.1) is 22.2 Å². The molecule has 6 nitrogen and oxygen atoms in total. The van der Waals surface area contributed by atoms with Gasteiger partial charge in [-0.15, -0.1) is 0 Å². The number of carbonyl (C=O) groups excluding carboxylic acids is 1. The third kappa shape index (κ3) is 9.55. The second kappa shape index (κ2) is 15.8. The average Bonchev–Trinajstić information content (AvgIpc) is 2.98. The summed E-state index contributed by atoms with van der Waals surface area (Å²) in [5, 5.41) is 20.5. The van der Waals surface area contributed by atoms with Crippen molar-refractivity contribution < 1.29 is 55.6 Å². The molecule has 4 atom stereocenters. The Balaban J connectivity index is 1.82. The molecule has 14 heteroatoms. The van der Waals surface area contributed by atoms with E-state index in [0.29, 0.717) is 27.9 Å². The van der Waals surface area contributed by atoms with E-state index in [0.717, 1.165) is 28.4 Å². The van der Waals surface area contributed by atoms with Crippen molar-refractivity contribution in [1.82, 2.24) is 0 Å². The van der Waals surface area contributed by atoms with Crippen LogP contribution in [0, 0.1) is 12.6 Å². The van der Waals surface area contributed by atoms with Crippen LogP contribution in [0.4, 0.5) is 26.3 Å². The molecular formula is C32H38F6I2O6. The van der Waals surface area contributed by atoms with Crippen LogP contribution in [0.5, 0.6) is 11.5 Å². The number of alkyl halides is 6. The standard InChI is InChI=1S/C32H38F6I2O6/c1-4-29(3,28(42)45-14-12-30(43,31(33,34)35)32(36,37)38)18-21(24-16-22(39)17-25(40)27(24)41)15-19(2)20-8-10-23(11-9-20)46-26-7-5-6-13-44-26/h8-11,16-17,19,21,26,41,43H,4-7,12-15,18H2,1-3H3. The van der Waals surface area contributed by atoms with Crippen LogP contribution in [0.3, 0.4) is 0 Å². The predicted molar refractivity (Wildman–Crippen MR) is 176 cm³/mol. The van der Waals surface area contributed by atoms with E-state index in [-0.39, 0.29) is 30.8 Å². The maximum absolute atomic E-state index is 13.3. The van der Waals surface area contributed by atoms with Gasteiger partial charge >= 0.3 is 18.3 Å². The fourth-order valence-electron chi connectivity index (χ4n) is 5.44. The Morgan fingerprint density at radius 1 is 1.07 bits per heavy atom. The summed E-state index contributed by atoms with van der Waals surface area (Å²) in [5.41, 5.74) is -4.83. The van der Waals surface area contributed by atoms with Crippen molar-refractivity contribution >= 4 is 51.2 Å². The normalized spacial score (nSPS) is 18.8. The summed E-state index contributed by atoms with van der Waals surface area (Å²) in [6, 6.07) is 11.1.